The number of carbonyl (C=O) groups is 1. The van der Waals surface area contributed by atoms with E-state index in [4.69, 9.17) is 10.5 Å². The molecule has 0 amide bonds. The fraction of sp³-hybridized carbons (Fsp3) is 0.929. The molecule has 108 valence electrons. The van der Waals surface area contributed by atoms with Crippen LogP contribution in [0.4, 0.5) is 0 Å². The molecule has 0 aromatic heterocycles. The van der Waals surface area contributed by atoms with Crippen LogP contribution in [-0.2, 0) is 9.53 Å². The van der Waals surface area contributed by atoms with Crippen LogP contribution in [0.15, 0.2) is 0 Å². The lowest BCUT2D eigenvalue weighted by Crippen LogP contribution is -2.41. The standard InChI is InChI=1S/C14H29NO2S/c1-8-10(15)12(13(2,3)4)18-9-11(16)17-14(5,6)7/h10,12H,8-9,15H2,1-7H3. The lowest BCUT2D eigenvalue weighted by Gasteiger charge is -2.34. The van der Waals surface area contributed by atoms with Gasteiger partial charge in [-0.3, -0.25) is 4.79 Å². The van der Waals surface area contributed by atoms with Gasteiger partial charge in [-0.1, -0.05) is 27.7 Å². The molecule has 2 atom stereocenters. The van der Waals surface area contributed by atoms with Gasteiger partial charge < -0.3 is 10.5 Å². The Balaban J connectivity index is 4.41. The third-order valence-electron chi connectivity index (χ3n) is 2.51. The zero-order valence-electron chi connectivity index (χ0n) is 12.9. The molecule has 0 aliphatic rings. The lowest BCUT2D eigenvalue weighted by molar-refractivity contribution is -0.151. The average molecular weight is 275 g/mol. The van der Waals surface area contributed by atoms with Crippen molar-refractivity contribution in [2.24, 2.45) is 11.1 Å². The first-order chi connectivity index (χ1) is 7.97. The minimum absolute atomic E-state index is 0.0854. The van der Waals surface area contributed by atoms with Crippen molar-refractivity contribution in [1.29, 1.82) is 0 Å². The number of ether oxygens (including phenoxy) is 1. The summed E-state index contributed by atoms with van der Waals surface area (Å²) in [5, 5.41) is 0.259. The summed E-state index contributed by atoms with van der Waals surface area (Å²) < 4.78 is 5.31. The highest BCUT2D eigenvalue weighted by atomic mass is 32.2. The monoisotopic (exact) mass is 275 g/mol. The number of hydrogen-bond donors (Lipinski definition) is 1. The van der Waals surface area contributed by atoms with Crippen LogP contribution in [-0.4, -0.2) is 28.6 Å². The van der Waals surface area contributed by atoms with Gasteiger partial charge in [-0.25, -0.2) is 0 Å². The quantitative estimate of drug-likeness (QED) is 0.783. The van der Waals surface area contributed by atoms with Crippen molar-refractivity contribution in [1.82, 2.24) is 0 Å². The molecule has 0 aromatic rings. The van der Waals surface area contributed by atoms with E-state index in [1.807, 2.05) is 20.8 Å². The summed E-state index contributed by atoms with van der Waals surface area (Å²) in [6.07, 6.45) is 0.920. The summed E-state index contributed by atoms with van der Waals surface area (Å²) in [6.45, 7) is 14.2. The van der Waals surface area contributed by atoms with E-state index in [9.17, 15) is 4.79 Å². The van der Waals surface area contributed by atoms with Crippen molar-refractivity contribution in [2.75, 3.05) is 5.75 Å². The Labute approximate surface area is 116 Å². The van der Waals surface area contributed by atoms with E-state index in [1.54, 1.807) is 11.8 Å². The van der Waals surface area contributed by atoms with Crippen molar-refractivity contribution in [2.45, 2.75) is 71.8 Å². The zero-order chi connectivity index (χ0) is 14.6. The first-order valence-corrected chi connectivity index (χ1v) is 7.61. The Morgan fingerprint density at radius 3 is 2.06 bits per heavy atom. The van der Waals surface area contributed by atoms with Gasteiger partial charge >= 0.3 is 5.97 Å². The molecule has 2 N–H and O–H groups in total. The summed E-state index contributed by atoms with van der Waals surface area (Å²) in [4.78, 5) is 11.7. The number of carbonyl (C=O) groups excluding carboxylic acids is 1. The van der Waals surface area contributed by atoms with Crippen LogP contribution in [0.25, 0.3) is 0 Å². The number of hydrogen-bond acceptors (Lipinski definition) is 4. The van der Waals surface area contributed by atoms with Crippen molar-refractivity contribution in [3.05, 3.63) is 0 Å². The van der Waals surface area contributed by atoms with Crippen molar-refractivity contribution >= 4 is 17.7 Å². The van der Waals surface area contributed by atoms with Crippen LogP contribution in [0.2, 0.25) is 0 Å². The van der Waals surface area contributed by atoms with Gasteiger partial charge in [0.05, 0.1) is 5.75 Å². The van der Waals surface area contributed by atoms with E-state index < -0.39 is 5.60 Å². The molecule has 4 heteroatoms. The molecule has 18 heavy (non-hydrogen) atoms. The molecular weight excluding hydrogens is 246 g/mol. The fourth-order valence-electron chi connectivity index (χ4n) is 1.76. The fourth-order valence-corrected chi connectivity index (χ4v) is 3.07. The highest BCUT2D eigenvalue weighted by molar-refractivity contribution is 8.00. The zero-order valence-corrected chi connectivity index (χ0v) is 13.7. The number of thioether (sulfide) groups is 1. The molecule has 2 unspecified atom stereocenters. The van der Waals surface area contributed by atoms with Gasteiger partial charge in [-0.15, -0.1) is 11.8 Å². The van der Waals surface area contributed by atoms with Crippen molar-refractivity contribution < 1.29 is 9.53 Å². The van der Waals surface area contributed by atoms with E-state index >= 15 is 0 Å². The van der Waals surface area contributed by atoms with Crippen LogP contribution in [0, 0.1) is 5.41 Å². The summed E-state index contributed by atoms with van der Waals surface area (Å²) >= 11 is 1.61. The highest BCUT2D eigenvalue weighted by Crippen LogP contribution is 2.33. The minimum atomic E-state index is -0.415. The van der Waals surface area contributed by atoms with Gasteiger partial charge in [0.2, 0.25) is 0 Å². The molecule has 0 spiro atoms. The second kappa shape index (κ2) is 6.80. The molecule has 0 heterocycles. The largest absolute Gasteiger partial charge is 0.459 e. The predicted molar refractivity (Wildman–Crippen MR) is 79.8 cm³/mol. The molecular formula is C14H29NO2S. The molecule has 0 bridgehead atoms. The van der Waals surface area contributed by atoms with Crippen molar-refractivity contribution in [3.63, 3.8) is 0 Å². The summed E-state index contributed by atoms with van der Waals surface area (Å²) in [6, 6.07) is 0.109. The Hall–Kier alpha value is -0.220. The predicted octanol–water partition coefficient (Wildman–Crippen LogP) is 3.21. The van der Waals surface area contributed by atoms with Crippen LogP contribution in [0.1, 0.15) is 54.9 Å². The molecule has 0 saturated heterocycles. The Kier molecular flexibility index (Phi) is 6.72. The topological polar surface area (TPSA) is 52.3 Å². The van der Waals surface area contributed by atoms with Gasteiger partial charge in [0.15, 0.2) is 0 Å². The summed E-state index contributed by atoms with van der Waals surface area (Å²) in [7, 11) is 0. The summed E-state index contributed by atoms with van der Waals surface area (Å²) in [5.74, 6) is 0.206. The summed E-state index contributed by atoms with van der Waals surface area (Å²) in [5.41, 5.74) is 5.81. The third-order valence-corrected chi connectivity index (χ3v) is 4.33. The normalized spacial score (nSPS) is 16.2. The Morgan fingerprint density at radius 2 is 1.72 bits per heavy atom. The average Bonchev–Trinajstić information content (AvgIpc) is 2.12. The molecule has 3 nitrogen and oxygen atoms in total. The first kappa shape index (κ1) is 17.8. The minimum Gasteiger partial charge on any atom is -0.459 e. The second-order valence-corrected chi connectivity index (χ2v) is 7.89. The van der Waals surface area contributed by atoms with Crippen molar-refractivity contribution in [3.8, 4) is 0 Å². The van der Waals surface area contributed by atoms with Gasteiger partial charge in [0.25, 0.3) is 0 Å². The maximum atomic E-state index is 11.7. The maximum absolute atomic E-state index is 11.7. The van der Waals surface area contributed by atoms with E-state index in [0.29, 0.717) is 5.75 Å². The molecule has 0 aromatic carbocycles. The van der Waals surface area contributed by atoms with E-state index in [-0.39, 0.29) is 22.7 Å². The van der Waals surface area contributed by atoms with Gasteiger partial charge in [0.1, 0.15) is 5.60 Å². The SMILES string of the molecule is CCC(N)C(SCC(=O)OC(C)(C)C)C(C)(C)C. The van der Waals surface area contributed by atoms with Crippen LogP contribution >= 0.6 is 11.8 Å². The lowest BCUT2D eigenvalue weighted by atomic mass is 9.87. The smallest absolute Gasteiger partial charge is 0.316 e. The first-order valence-electron chi connectivity index (χ1n) is 6.56. The van der Waals surface area contributed by atoms with Gasteiger partial charge in [-0.2, -0.15) is 0 Å². The molecule has 0 aliphatic heterocycles. The van der Waals surface area contributed by atoms with Crippen LogP contribution in [0.5, 0.6) is 0 Å². The van der Waals surface area contributed by atoms with Crippen LogP contribution in [0.3, 0.4) is 0 Å². The Morgan fingerprint density at radius 1 is 1.22 bits per heavy atom. The molecule has 0 aliphatic carbocycles. The maximum Gasteiger partial charge on any atom is 0.316 e. The molecule has 0 rings (SSSR count). The third kappa shape index (κ3) is 7.27. The Bertz CT molecular complexity index is 266. The number of esters is 1. The molecule has 0 fully saturated rings. The second-order valence-electron chi connectivity index (χ2n) is 6.76. The van der Waals surface area contributed by atoms with Crippen LogP contribution < -0.4 is 5.73 Å². The van der Waals surface area contributed by atoms with Gasteiger partial charge in [0, 0.05) is 11.3 Å². The van der Waals surface area contributed by atoms with E-state index in [1.165, 1.54) is 0 Å². The van der Waals surface area contributed by atoms with E-state index in [2.05, 4.69) is 27.7 Å². The number of nitrogens with two attached hydrogens (primary N) is 1. The van der Waals surface area contributed by atoms with E-state index in [0.717, 1.165) is 6.42 Å². The number of rotatable bonds is 5. The molecule has 0 radical (unpaired) electrons. The molecule has 0 saturated carbocycles. The van der Waals surface area contributed by atoms with Gasteiger partial charge in [-0.05, 0) is 32.6 Å². The highest BCUT2D eigenvalue weighted by Gasteiger charge is 2.30.